The Morgan fingerprint density at radius 3 is 2.41 bits per heavy atom. The lowest BCUT2D eigenvalue weighted by Gasteiger charge is -2.36. The molecule has 1 saturated heterocycles. The molecule has 0 spiro atoms. The van der Waals surface area contributed by atoms with Crippen LogP contribution in [0.25, 0.3) is 10.4 Å². The number of amides is 2. The van der Waals surface area contributed by atoms with E-state index in [9.17, 15) is 19.5 Å². The van der Waals surface area contributed by atoms with Crippen LogP contribution in [0.2, 0.25) is 0 Å². The standard InChI is InChI=1S/C27H38N4O5S/c1-16-22(37-15-30-16)18-9-7-17(8-10-18)12-29-23(33)20-11-19(32)13-31(20)24(34)21(27(5,6)14-28)25(35)36-26(2,3)4/h7-10,15,19-21,32H,11-14,28H2,1-6H3,(H,29,33)/t19-,20?,21+/m1/s1. The number of nitrogens with zero attached hydrogens (tertiary/aromatic N) is 2. The maximum atomic E-state index is 13.7. The second kappa shape index (κ2) is 11.3. The number of nitrogens with two attached hydrogens (primary N) is 1. The second-order valence-corrected chi connectivity index (χ2v) is 12.1. The number of esters is 1. The number of β-amino-alcohol motifs (C(OH)–C–C–N with tert-alkyl or cyclic N) is 1. The molecule has 1 aromatic heterocycles. The zero-order valence-corrected chi connectivity index (χ0v) is 23.2. The summed E-state index contributed by atoms with van der Waals surface area (Å²) in [6, 6.07) is 6.93. The molecule has 0 bridgehead atoms. The number of hydrogen-bond acceptors (Lipinski definition) is 8. The first-order valence-electron chi connectivity index (χ1n) is 12.4. The van der Waals surface area contributed by atoms with Crippen molar-refractivity contribution in [3.05, 3.63) is 41.0 Å². The Hall–Kier alpha value is -2.82. The topological polar surface area (TPSA) is 135 Å². The lowest BCUT2D eigenvalue weighted by molar-refractivity contribution is -0.170. The van der Waals surface area contributed by atoms with E-state index < -0.39 is 41.0 Å². The van der Waals surface area contributed by atoms with E-state index in [1.807, 2.05) is 36.7 Å². The van der Waals surface area contributed by atoms with Crippen molar-refractivity contribution in [3.63, 3.8) is 0 Å². The van der Waals surface area contributed by atoms with Gasteiger partial charge in [0.15, 0.2) is 0 Å². The molecule has 2 heterocycles. The van der Waals surface area contributed by atoms with Crippen LogP contribution in [0.3, 0.4) is 0 Å². The highest BCUT2D eigenvalue weighted by atomic mass is 32.1. The molecule has 0 radical (unpaired) electrons. The minimum atomic E-state index is -1.21. The third kappa shape index (κ3) is 6.94. The van der Waals surface area contributed by atoms with E-state index in [4.69, 9.17) is 10.5 Å². The van der Waals surface area contributed by atoms with Crippen LogP contribution in [-0.4, -0.2) is 63.6 Å². The number of benzene rings is 1. The molecule has 2 amide bonds. The van der Waals surface area contributed by atoms with Crippen molar-refractivity contribution in [2.75, 3.05) is 13.1 Å². The summed E-state index contributed by atoms with van der Waals surface area (Å²) < 4.78 is 5.53. The van der Waals surface area contributed by atoms with E-state index >= 15 is 0 Å². The molecule has 1 aliphatic heterocycles. The Morgan fingerprint density at radius 1 is 1.22 bits per heavy atom. The van der Waals surface area contributed by atoms with Gasteiger partial charge in [-0.2, -0.15) is 0 Å². The van der Waals surface area contributed by atoms with Crippen molar-refractivity contribution in [1.82, 2.24) is 15.2 Å². The van der Waals surface area contributed by atoms with E-state index in [-0.39, 0.29) is 32.0 Å². The number of aliphatic hydroxyl groups excluding tert-OH is 1. The quantitative estimate of drug-likeness (QED) is 0.353. The van der Waals surface area contributed by atoms with Crippen molar-refractivity contribution < 1.29 is 24.2 Å². The number of thiazole rings is 1. The van der Waals surface area contributed by atoms with E-state index in [0.717, 1.165) is 21.7 Å². The fourth-order valence-corrected chi connectivity index (χ4v) is 5.18. The van der Waals surface area contributed by atoms with Gasteiger partial charge in [0.25, 0.3) is 0 Å². The Labute approximate surface area is 222 Å². The molecule has 37 heavy (non-hydrogen) atoms. The molecule has 202 valence electrons. The summed E-state index contributed by atoms with van der Waals surface area (Å²) in [5.74, 6) is -2.85. The Kier molecular flexibility index (Phi) is 8.77. The summed E-state index contributed by atoms with van der Waals surface area (Å²) in [4.78, 5) is 46.6. The van der Waals surface area contributed by atoms with Crippen molar-refractivity contribution in [2.45, 2.75) is 72.3 Å². The molecule has 0 saturated carbocycles. The van der Waals surface area contributed by atoms with E-state index in [1.165, 1.54) is 4.90 Å². The van der Waals surface area contributed by atoms with Crippen LogP contribution >= 0.6 is 11.3 Å². The van der Waals surface area contributed by atoms with Crippen molar-refractivity contribution >= 4 is 29.1 Å². The molecular formula is C27H38N4O5S. The van der Waals surface area contributed by atoms with Gasteiger partial charge in [-0.05, 0) is 50.8 Å². The number of hydrogen-bond donors (Lipinski definition) is 3. The molecule has 1 unspecified atom stereocenters. The van der Waals surface area contributed by atoms with Gasteiger partial charge < -0.3 is 25.8 Å². The Balaban J connectivity index is 1.73. The van der Waals surface area contributed by atoms with Gasteiger partial charge in [0, 0.05) is 19.5 Å². The zero-order valence-electron chi connectivity index (χ0n) is 22.4. The average molecular weight is 531 g/mol. The van der Waals surface area contributed by atoms with Gasteiger partial charge in [0.1, 0.15) is 17.6 Å². The number of carbonyl (C=O) groups excluding carboxylic acids is 3. The summed E-state index contributed by atoms with van der Waals surface area (Å²) in [6.45, 7) is 10.9. The van der Waals surface area contributed by atoms with Gasteiger partial charge in [-0.15, -0.1) is 11.3 Å². The summed E-state index contributed by atoms with van der Waals surface area (Å²) >= 11 is 1.57. The predicted molar refractivity (Wildman–Crippen MR) is 142 cm³/mol. The molecule has 4 N–H and O–H groups in total. The molecule has 3 rings (SSSR count). The number of carbonyl (C=O) groups is 3. The van der Waals surface area contributed by atoms with Crippen molar-refractivity contribution in [2.24, 2.45) is 17.1 Å². The van der Waals surface area contributed by atoms with Crippen molar-refractivity contribution in [3.8, 4) is 10.4 Å². The van der Waals surface area contributed by atoms with Crippen LogP contribution in [0.15, 0.2) is 29.8 Å². The lowest BCUT2D eigenvalue weighted by Crippen LogP contribution is -2.54. The number of aromatic nitrogens is 1. The molecule has 1 fully saturated rings. The molecule has 3 atom stereocenters. The van der Waals surface area contributed by atoms with Crippen LogP contribution in [0.4, 0.5) is 0 Å². The minimum absolute atomic E-state index is 0.0419. The van der Waals surface area contributed by atoms with Crippen LogP contribution in [0, 0.1) is 18.3 Å². The SMILES string of the molecule is Cc1ncsc1-c1ccc(CNC(=O)C2C[C@@H](O)CN2C(=O)[C@@H](C(=O)OC(C)(C)C)C(C)(C)CN)cc1. The summed E-state index contributed by atoms with van der Waals surface area (Å²) in [5.41, 5.74) is 8.94. The van der Waals surface area contributed by atoms with Gasteiger partial charge in [0.2, 0.25) is 11.8 Å². The van der Waals surface area contributed by atoms with Crippen molar-refractivity contribution in [1.29, 1.82) is 0 Å². The number of likely N-dealkylation sites (tertiary alicyclic amines) is 1. The van der Waals surface area contributed by atoms with Crippen LogP contribution < -0.4 is 11.1 Å². The molecule has 2 aromatic rings. The van der Waals surface area contributed by atoms with E-state index in [1.54, 1.807) is 46.0 Å². The molecule has 1 aromatic carbocycles. The van der Waals surface area contributed by atoms with Gasteiger partial charge in [-0.3, -0.25) is 14.4 Å². The third-order valence-corrected chi connectivity index (χ3v) is 7.47. The number of nitrogens with one attached hydrogen (secondary N) is 1. The first-order chi connectivity index (χ1) is 17.2. The average Bonchev–Trinajstić information content (AvgIpc) is 3.42. The summed E-state index contributed by atoms with van der Waals surface area (Å²) in [5, 5.41) is 13.2. The smallest absolute Gasteiger partial charge is 0.319 e. The fourth-order valence-electron chi connectivity index (χ4n) is 4.36. The number of rotatable bonds is 8. The lowest BCUT2D eigenvalue weighted by atomic mass is 9.77. The van der Waals surface area contributed by atoms with Gasteiger partial charge in [-0.1, -0.05) is 38.1 Å². The normalized spacial score (nSPS) is 19.0. The fraction of sp³-hybridized carbons (Fsp3) is 0.556. The van der Waals surface area contributed by atoms with E-state index in [0.29, 0.717) is 0 Å². The monoisotopic (exact) mass is 530 g/mol. The van der Waals surface area contributed by atoms with Crippen LogP contribution in [-0.2, 0) is 25.7 Å². The van der Waals surface area contributed by atoms with E-state index in [2.05, 4.69) is 10.3 Å². The Morgan fingerprint density at radius 2 is 1.86 bits per heavy atom. The Bertz CT molecular complexity index is 1120. The molecule has 1 aliphatic rings. The number of ether oxygens (including phenoxy) is 1. The first-order valence-corrected chi connectivity index (χ1v) is 13.3. The highest BCUT2D eigenvalue weighted by Gasteiger charge is 2.49. The van der Waals surface area contributed by atoms with Gasteiger partial charge >= 0.3 is 5.97 Å². The molecule has 9 nitrogen and oxygen atoms in total. The highest BCUT2D eigenvalue weighted by Crippen LogP contribution is 2.33. The third-order valence-electron chi connectivity index (χ3n) is 6.49. The largest absolute Gasteiger partial charge is 0.459 e. The van der Waals surface area contributed by atoms with Crippen LogP contribution in [0.1, 0.15) is 52.3 Å². The summed E-state index contributed by atoms with van der Waals surface area (Å²) in [6.07, 6.45) is -0.785. The second-order valence-electron chi connectivity index (χ2n) is 11.2. The highest BCUT2D eigenvalue weighted by molar-refractivity contribution is 7.13. The minimum Gasteiger partial charge on any atom is -0.459 e. The molecule has 10 heteroatoms. The van der Waals surface area contributed by atoms with Gasteiger partial charge in [0.05, 0.1) is 22.2 Å². The first kappa shape index (κ1) is 28.7. The maximum Gasteiger partial charge on any atom is 0.319 e. The molecule has 0 aliphatic carbocycles. The number of aryl methyl sites for hydroxylation is 1. The van der Waals surface area contributed by atoms with Crippen LogP contribution in [0.5, 0.6) is 0 Å². The maximum absolute atomic E-state index is 13.7. The van der Waals surface area contributed by atoms with Gasteiger partial charge in [-0.25, -0.2) is 4.98 Å². The number of aliphatic hydroxyl groups is 1. The summed E-state index contributed by atoms with van der Waals surface area (Å²) in [7, 11) is 0. The predicted octanol–water partition coefficient (Wildman–Crippen LogP) is 2.64. The zero-order chi connectivity index (χ0) is 27.5. The molecular weight excluding hydrogens is 492 g/mol.